The van der Waals surface area contributed by atoms with Gasteiger partial charge < -0.3 is 0 Å². The lowest BCUT2D eigenvalue weighted by Crippen LogP contribution is -2.43. The van der Waals surface area contributed by atoms with Crippen LogP contribution in [0.4, 0.5) is 0 Å². The predicted octanol–water partition coefficient (Wildman–Crippen LogP) is 11.7. The minimum Gasteiger partial charge on any atom is -0.135 e. The third-order valence-electron chi connectivity index (χ3n) is 11.0. The molecule has 8 aromatic rings. The van der Waals surface area contributed by atoms with Crippen molar-refractivity contribution in [1.82, 2.24) is 0 Å². The Kier molecular flexibility index (Phi) is 4.75. The molecular weight excluding hydrogens is 596 g/mol. The maximum absolute atomic E-state index is 7.25. The smallest absolute Gasteiger partial charge is 0.0727 e. The molecule has 7 aromatic carbocycles. The first kappa shape index (κ1) is 25.3. The van der Waals surface area contributed by atoms with Crippen LogP contribution >= 0.6 is 22.9 Å². The molecule has 1 aromatic heterocycles. The standard InChI is InChI=1S/C44H25ClS/c45-37-22-11-21-36-40(37)29-24-25-39-41(28-14-3-10-23-38(28)46-39)42(29)44(36)34-19-8-6-17-32(34)43(33-18-7-9-20-35(33)44)30-15-4-1-12-26(30)27-13-2-5-16-31(27)43/h1-25H. The number of fused-ring (bicyclic) bond motifs is 20. The van der Waals surface area contributed by atoms with Gasteiger partial charge in [0.15, 0.2) is 0 Å². The van der Waals surface area contributed by atoms with Crippen molar-refractivity contribution in [3.8, 4) is 22.3 Å². The molecule has 0 bridgehead atoms. The molecule has 0 aliphatic heterocycles. The topological polar surface area (TPSA) is 0 Å². The normalized spacial score (nSPS) is 15.4. The van der Waals surface area contributed by atoms with E-state index in [1.165, 1.54) is 81.4 Å². The molecule has 0 atom stereocenters. The minimum atomic E-state index is -0.552. The zero-order valence-corrected chi connectivity index (χ0v) is 26.3. The van der Waals surface area contributed by atoms with Crippen LogP contribution in [0.1, 0.15) is 44.5 Å². The quantitative estimate of drug-likeness (QED) is 0.158. The monoisotopic (exact) mass is 620 g/mol. The van der Waals surface area contributed by atoms with Gasteiger partial charge >= 0.3 is 0 Å². The van der Waals surface area contributed by atoms with Crippen LogP contribution in [-0.2, 0) is 10.8 Å². The Balaban J connectivity index is 1.41. The molecule has 0 radical (unpaired) electrons. The highest BCUT2D eigenvalue weighted by molar-refractivity contribution is 7.25. The Labute approximate surface area is 276 Å². The highest BCUT2D eigenvalue weighted by Crippen LogP contribution is 2.69. The molecule has 0 N–H and O–H groups in total. The van der Waals surface area contributed by atoms with Gasteiger partial charge in [-0.3, -0.25) is 0 Å². The van der Waals surface area contributed by atoms with Crippen molar-refractivity contribution >= 4 is 43.1 Å². The first-order valence-corrected chi connectivity index (χ1v) is 17.1. The fourth-order valence-electron chi connectivity index (χ4n) is 9.60. The summed E-state index contributed by atoms with van der Waals surface area (Å²) in [5.74, 6) is 0. The van der Waals surface area contributed by atoms with E-state index in [1.54, 1.807) is 0 Å². The van der Waals surface area contributed by atoms with Gasteiger partial charge in [-0.1, -0.05) is 145 Å². The lowest BCUT2D eigenvalue weighted by molar-refractivity contribution is 0.635. The summed E-state index contributed by atoms with van der Waals surface area (Å²) in [6, 6.07) is 56.8. The highest BCUT2D eigenvalue weighted by atomic mass is 35.5. The summed E-state index contributed by atoms with van der Waals surface area (Å²) >= 11 is 9.14. The zero-order valence-electron chi connectivity index (χ0n) is 24.7. The van der Waals surface area contributed by atoms with E-state index >= 15 is 0 Å². The van der Waals surface area contributed by atoms with Crippen LogP contribution in [0.25, 0.3) is 42.4 Å². The largest absolute Gasteiger partial charge is 0.135 e. The Bertz CT molecular complexity index is 2530. The van der Waals surface area contributed by atoms with Crippen molar-refractivity contribution in [2.45, 2.75) is 10.8 Å². The van der Waals surface area contributed by atoms with Gasteiger partial charge in [-0.2, -0.15) is 0 Å². The van der Waals surface area contributed by atoms with E-state index in [0.29, 0.717) is 0 Å². The van der Waals surface area contributed by atoms with Crippen molar-refractivity contribution in [1.29, 1.82) is 0 Å². The van der Waals surface area contributed by atoms with Crippen LogP contribution in [0.2, 0.25) is 5.02 Å². The molecule has 2 heteroatoms. The number of rotatable bonds is 0. The molecule has 2 spiro atoms. The van der Waals surface area contributed by atoms with Crippen molar-refractivity contribution < 1.29 is 0 Å². The molecule has 46 heavy (non-hydrogen) atoms. The van der Waals surface area contributed by atoms with Crippen molar-refractivity contribution in [3.05, 3.63) is 201 Å². The summed E-state index contributed by atoms with van der Waals surface area (Å²) in [6.07, 6.45) is 0. The summed E-state index contributed by atoms with van der Waals surface area (Å²) < 4.78 is 2.63. The number of benzene rings is 7. The molecule has 1 heterocycles. The lowest BCUT2D eigenvalue weighted by Gasteiger charge is -2.49. The van der Waals surface area contributed by atoms with Gasteiger partial charge in [-0.15, -0.1) is 11.3 Å². The fraction of sp³-hybridized carbons (Fsp3) is 0.0455. The number of hydrogen-bond acceptors (Lipinski definition) is 1. The molecule has 0 amide bonds. The van der Waals surface area contributed by atoms with E-state index < -0.39 is 10.8 Å². The van der Waals surface area contributed by atoms with E-state index in [4.69, 9.17) is 11.6 Å². The molecule has 0 nitrogen and oxygen atoms in total. The summed E-state index contributed by atoms with van der Waals surface area (Å²) in [6.45, 7) is 0. The van der Waals surface area contributed by atoms with Gasteiger partial charge in [-0.05, 0) is 79.4 Å². The van der Waals surface area contributed by atoms with Gasteiger partial charge in [0.2, 0.25) is 0 Å². The molecule has 214 valence electrons. The van der Waals surface area contributed by atoms with E-state index in [1.807, 2.05) is 11.3 Å². The molecule has 0 saturated carbocycles. The summed E-state index contributed by atoms with van der Waals surface area (Å²) in [5, 5.41) is 3.47. The van der Waals surface area contributed by atoms with Crippen LogP contribution in [-0.4, -0.2) is 0 Å². The minimum absolute atomic E-state index is 0.447. The van der Waals surface area contributed by atoms with E-state index in [2.05, 4.69) is 152 Å². The van der Waals surface area contributed by atoms with Crippen molar-refractivity contribution in [2.75, 3.05) is 0 Å². The average Bonchev–Trinajstić information content (AvgIpc) is 3.73. The third kappa shape index (κ3) is 2.69. The van der Waals surface area contributed by atoms with E-state index in [0.717, 1.165) is 10.6 Å². The first-order valence-electron chi connectivity index (χ1n) is 15.9. The third-order valence-corrected chi connectivity index (χ3v) is 12.5. The van der Waals surface area contributed by atoms with Crippen LogP contribution < -0.4 is 0 Å². The predicted molar refractivity (Wildman–Crippen MR) is 193 cm³/mol. The second-order valence-corrected chi connectivity index (χ2v) is 14.3. The molecule has 3 aliphatic rings. The molecule has 0 fully saturated rings. The van der Waals surface area contributed by atoms with Crippen LogP contribution in [0.5, 0.6) is 0 Å². The first-order chi connectivity index (χ1) is 22.8. The van der Waals surface area contributed by atoms with Gasteiger partial charge in [0.05, 0.1) is 10.8 Å². The molecular formula is C44H25ClS. The van der Waals surface area contributed by atoms with Crippen molar-refractivity contribution in [3.63, 3.8) is 0 Å². The number of thiophene rings is 1. The van der Waals surface area contributed by atoms with E-state index in [9.17, 15) is 0 Å². The lowest BCUT2D eigenvalue weighted by atomic mass is 9.52. The Morgan fingerprint density at radius 3 is 1.57 bits per heavy atom. The summed E-state index contributed by atoms with van der Waals surface area (Å²) in [4.78, 5) is 0. The van der Waals surface area contributed by atoms with Gasteiger partial charge in [0.1, 0.15) is 0 Å². The highest BCUT2D eigenvalue weighted by Gasteiger charge is 2.59. The van der Waals surface area contributed by atoms with Gasteiger partial charge in [-0.25, -0.2) is 0 Å². The van der Waals surface area contributed by atoms with Crippen LogP contribution in [0.3, 0.4) is 0 Å². The molecule has 11 rings (SSSR count). The van der Waals surface area contributed by atoms with Gasteiger partial charge in [0, 0.05) is 30.8 Å². The summed E-state index contributed by atoms with van der Waals surface area (Å²) in [7, 11) is 0. The van der Waals surface area contributed by atoms with Gasteiger partial charge in [0.25, 0.3) is 0 Å². The Morgan fingerprint density at radius 1 is 0.391 bits per heavy atom. The van der Waals surface area contributed by atoms with Crippen molar-refractivity contribution in [2.24, 2.45) is 0 Å². The molecule has 0 unspecified atom stereocenters. The zero-order chi connectivity index (χ0) is 30.2. The maximum atomic E-state index is 7.25. The maximum Gasteiger partial charge on any atom is 0.0727 e. The number of hydrogen-bond donors (Lipinski definition) is 0. The Morgan fingerprint density at radius 2 is 0.913 bits per heavy atom. The second-order valence-electron chi connectivity index (χ2n) is 12.8. The van der Waals surface area contributed by atoms with Crippen LogP contribution in [0.15, 0.2) is 152 Å². The number of halogens is 1. The molecule has 3 aliphatic carbocycles. The molecule has 0 saturated heterocycles. The fourth-order valence-corrected chi connectivity index (χ4v) is 11.0. The average molecular weight is 621 g/mol. The Hall–Kier alpha value is -4.95. The second kappa shape index (κ2) is 8.65. The van der Waals surface area contributed by atoms with E-state index in [-0.39, 0.29) is 0 Å². The van der Waals surface area contributed by atoms with Crippen LogP contribution in [0, 0.1) is 0 Å². The summed E-state index contributed by atoms with van der Waals surface area (Å²) in [5.41, 5.74) is 14.8. The SMILES string of the molecule is Clc1cccc2c1-c1ccc3sc4ccccc4c3c1C21c2ccccc2C2(c3ccccc3-c3ccccc32)c2ccccc21.